The molecule has 1 aromatic rings. The van der Waals surface area contributed by atoms with Crippen LogP contribution in [0.2, 0.25) is 5.02 Å². The standard InChI is InChI=1S/C13H16ClFN2O2/c14-10-3-1-9(2-4-10)5-11(6-18)17-12(19)13(15)7-16-8-13/h1-4,11,16,18H,5-8H2,(H,17,19). The quantitative estimate of drug-likeness (QED) is 0.746. The molecule has 0 saturated carbocycles. The Labute approximate surface area is 116 Å². The molecular weight excluding hydrogens is 271 g/mol. The van der Waals surface area contributed by atoms with Crippen LogP contribution in [-0.2, 0) is 11.2 Å². The van der Waals surface area contributed by atoms with Crippen molar-refractivity contribution in [2.45, 2.75) is 18.1 Å². The molecule has 3 N–H and O–H groups in total. The van der Waals surface area contributed by atoms with Crippen LogP contribution in [0.25, 0.3) is 0 Å². The van der Waals surface area contributed by atoms with Gasteiger partial charge < -0.3 is 15.7 Å². The molecule has 104 valence electrons. The minimum atomic E-state index is -1.84. The van der Waals surface area contributed by atoms with E-state index >= 15 is 0 Å². The molecule has 0 bridgehead atoms. The van der Waals surface area contributed by atoms with Crippen molar-refractivity contribution < 1.29 is 14.3 Å². The third kappa shape index (κ3) is 3.43. The zero-order valence-electron chi connectivity index (χ0n) is 10.3. The van der Waals surface area contributed by atoms with Crippen LogP contribution < -0.4 is 10.6 Å². The highest BCUT2D eigenvalue weighted by molar-refractivity contribution is 6.30. The van der Waals surface area contributed by atoms with Crippen LogP contribution in [0.3, 0.4) is 0 Å². The van der Waals surface area contributed by atoms with E-state index in [1.54, 1.807) is 12.1 Å². The van der Waals surface area contributed by atoms with Gasteiger partial charge in [0.25, 0.3) is 5.91 Å². The van der Waals surface area contributed by atoms with E-state index in [1.807, 2.05) is 12.1 Å². The van der Waals surface area contributed by atoms with E-state index in [-0.39, 0.29) is 19.7 Å². The van der Waals surface area contributed by atoms with Gasteiger partial charge in [-0.1, -0.05) is 23.7 Å². The Morgan fingerprint density at radius 2 is 2.11 bits per heavy atom. The van der Waals surface area contributed by atoms with Crippen LogP contribution in [0.5, 0.6) is 0 Å². The van der Waals surface area contributed by atoms with Crippen LogP contribution >= 0.6 is 11.6 Å². The van der Waals surface area contributed by atoms with Gasteiger partial charge in [0, 0.05) is 18.1 Å². The summed E-state index contributed by atoms with van der Waals surface area (Å²) in [5.41, 5.74) is -0.920. The van der Waals surface area contributed by atoms with E-state index in [0.717, 1.165) is 5.56 Å². The number of rotatable bonds is 5. The number of alkyl halides is 1. The number of amides is 1. The topological polar surface area (TPSA) is 61.4 Å². The highest BCUT2D eigenvalue weighted by atomic mass is 35.5. The maximum absolute atomic E-state index is 13.8. The highest BCUT2D eigenvalue weighted by Crippen LogP contribution is 2.17. The summed E-state index contributed by atoms with van der Waals surface area (Å²) in [7, 11) is 0. The molecule has 6 heteroatoms. The molecule has 0 aliphatic carbocycles. The van der Waals surface area contributed by atoms with Crippen molar-refractivity contribution in [1.29, 1.82) is 0 Å². The molecule has 1 aliphatic heterocycles. The van der Waals surface area contributed by atoms with Crippen LogP contribution in [0, 0.1) is 0 Å². The van der Waals surface area contributed by atoms with Gasteiger partial charge in [0.05, 0.1) is 12.6 Å². The third-order valence-electron chi connectivity index (χ3n) is 3.17. The maximum atomic E-state index is 13.8. The van der Waals surface area contributed by atoms with E-state index in [0.29, 0.717) is 11.4 Å². The van der Waals surface area contributed by atoms with Gasteiger partial charge in [-0.25, -0.2) is 4.39 Å². The average Bonchev–Trinajstić information content (AvgIpc) is 2.37. The number of benzene rings is 1. The predicted octanol–water partition coefficient (Wildman–Crippen LogP) is 0.671. The van der Waals surface area contributed by atoms with Gasteiger partial charge >= 0.3 is 0 Å². The monoisotopic (exact) mass is 286 g/mol. The van der Waals surface area contributed by atoms with Gasteiger partial charge in [0.1, 0.15) is 0 Å². The van der Waals surface area contributed by atoms with E-state index in [2.05, 4.69) is 10.6 Å². The molecule has 1 saturated heterocycles. The number of carbonyl (C=O) groups is 1. The summed E-state index contributed by atoms with van der Waals surface area (Å²) < 4.78 is 13.8. The summed E-state index contributed by atoms with van der Waals surface area (Å²) in [6.45, 7) is -0.187. The second-order valence-corrected chi connectivity index (χ2v) is 5.19. The lowest BCUT2D eigenvalue weighted by atomic mass is 9.97. The maximum Gasteiger partial charge on any atom is 0.260 e. The molecule has 1 fully saturated rings. The molecular formula is C13H16ClFN2O2. The molecule has 0 radical (unpaired) electrons. The minimum absolute atomic E-state index is 0.0257. The molecule has 1 atom stereocenters. The fourth-order valence-corrected chi connectivity index (χ4v) is 2.01. The Balaban J connectivity index is 1.93. The number of nitrogens with one attached hydrogen (secondary N) is 2. The van der Waals surface area contributed by atoms with Gasteiger partial charge in [-0.3, -0.25) is 4.79 Å². The SMILES string of the molecule is O=C(NC(CO)Cc1ccc(Cl)cc1)C1(F)CNC1. The molecule has 1 heterocycles. The van der Waals surface area contributed by atoms with Crippen molar-refractivity contribution in [3.8, 4) is 0 Å². The Kier molecular flexibility index (Phi) is 4.39. The smallest absolute Gasteiger partial charge is 0.260 e. The fourth-order valence-electron chi connectivity index (χ4n) is 1.89. The molecule has 0 aromatic heterocycles. The molecule has 1 amide bonds. The van der Waals surface area contributed by atoms with Gasteiger partial charge in [0.2, 0.25) is 5.67 Å². The summed E-state index contributed by atoms with van der Waals surface area (Å²) in [6.07, 6.45) is 0.433. The first kappa shape index (κ1) is 14.2. The number of aliphatic hydroxyl groups is 1. The molecule has 1 unspecified atom stereocenters. The van der Waals surface area contributed by atoms with E-state index in [4.69, 9.17) is 11.6 Å². The van der Waals surface area contributed by atoms with E-state index in [1.165, 1.54) is 0 Å². The number of hydrogen-bond acceptors (Lipinski definition) is 3. The lowest BCUT2D eigenvalue weighted by Crippen LogP contribution is -2.65. The summed E-state index contributed by atoms with van der Waals surface area (Å²) in [4.78, 5) is 11.7. The normalized spacial score (nSPS) is 18.5. The zero-order chi connectivity index (χ0) is 13.9. The Morgan fingerprint density at radius 1 is 1.47 bits per heavy atom. The largest absolute Gasteiger partial charge is 0.394 e. The first-order valence-electron chi connectivity index (χ1n) is 6.09. The highest BCUT2D eigenvalue weighted by Gasteiger charge is 2.45. The van der Waals surface area contributed by atoms with Gasteiger partial charge in [-0.15, -0.1) is 0 Å². The Hall–Kier alpha value is -1.17. The Bertz CT molecular complexity index is 448. The second kappa shape index (κ2) is 5.86. The summed E-state index contributed by atoms with van der Waals surface area (Å²) in [5, 5.41) is 15.1. The molecule has 2 rings (SSSR count). The lowest BCUT2D eigenvalue weighted by Gasteiger charge is -2.34. The zero-order valence-corrected chi connectivity index (χ0v) is 11.1. The summed E-state index contributed by atoms with van der Waals surface area (Å²) >= 11 is 5.78. The van der Waals surface area contributed by atoms with Crippen molar-refractivity contribution in [1.82, 2.24) is 10.6 Å². The fraction of sp³-hybridized carbons (Fsp3) is 0.462. The molecule has 1 aromatic carbocycles. The molecule has 1 aliphatic rings. The van der Waals surface area contributed by atoms with Crippen molar-refractivity contribution in [3.63, 3.8) is 0 Å². The van der Waals surface area contributed by atoms with E-state index < -0.39 is 17.6 Å². The number of carbonyl (C=O) groups excluding carboxylic acids is 1. The molecule has 4 nitrogen and oxygen atoms in total. The number of hydrogen-bond donors (Lipinski definition) is 3. The molecule has 19 heavy (non-hydrogen) atoms. The van der Waals surface area contributed by atoms with Gasteiger partial charge in [-0.05, 0) is 24.1 Å². The van der Waals surface area contributed by atoms with Crippen molar-refractivity contribution in [2.75, 3.05) is 19.7 Å². The van der Waals surface area contributed by atoms with Crippen LogP contribution in [-0.4, -0.2) is 42.4 Å². The van der Waals surface area contributed by atoms with Gasteiger partial charge in [0.15, 0.2) is 0 Å². The van der Waals surface area contributed by atoms with Gasteiger partial charge in [-0.2, -0.15) is 0 Å². The van der Waals surface area contributed by atoms with Crippen molar-refractivity contribution in [3.05, 3.63) is 34.9 Å². The first-order valence-corrected chi connectivity index (χ1v) is 6.47. The molecule has 0 spiro atoms. The van der Waals surface area contributed by atoms with Crippen molar-refractivity contribution in [2.24, 2.45) is 0 Å². The Morgan fingerprint density at radius 3 is 2.58 bits per heavy atom. The second-order valence-electron chi connectivity index (χ2n) is 4.75. The van der Waals surface area contributed by atoms with Crippen LogP contribution in [0.1, 0.15) is 5.56 Å². The average molecular weight is 287 g/mol. The number of aliphatic hydroxyl groups excluding tert-OH is 1. The summed E-state index contributed by atoms with van der Waals surface area (Å²) in [5.74, 6) is -0.667. The third-order valence-corrected chi connectivity index (χ3v) is 3.42. The summed E-state index contributed by atoms with van der Waals surface area (Å²) in [6, 6.07) is 6.60. The first-order chi connectivity index (χ1) is 9.03. The van der Waals surface area contributed by atoms with Crippen LogP contribution in [0.4, 0.5) is 4.39 Å². The lowest BCUT2D eigenvalue weighted by molar-refractivity contribution is -0.137. The number of halogens is 2. The predicted molar refractivity (Wildman–Crippen MR) is 70.9 cm³/mol. The van der Waals surface area contributed by atoms with Crippen molar-refractivity contribution >= 4 is 17.5 Å². The van der Waals surface area contributed by atoms with Crippen LogP contribution in [0.15, 0.2) is 24.3 Å². The van der Waals surface area contributed by atoms with E-state index in [9.17, 15) is 14.3 Å². The minimum Gasteiger partial charge on any atom is -0.394 e.